The zero-order chi connectivity index (χ0) is 31.4. The van der Waals surface area contributed by atoms with Gasteiger partial charge < -0.3 is 28.8 Å². The van der Waals surface area contributed by atoms with E-state index in [0.717, 1.165) is 11.7 Å². The van der Waals surface area contributed by atoms with E-state index in [9.17, 15) is 14.7 Å². The molecule has 0 unspecified atom stereocenters. The van der Waals surface area contributed by atoms with E-state index in [0.29, 0.717) is 70.5 Å². The maximum Gasteiger partial charge on any atom is 0.336 e. The van der Waals surface area contributed by atoms with E-state index in [-0.39, 0.29) is 35.3 Å². The van der Waals surface area contributed by atoms with Gasteiger partial charge in [-0.25, -0.2) is 4.79 Å². The molecule has 4 aromatic rings. The Kier molecular flexibility index (Phi) is 9.34. The van der Waals surface area contributed by atoms with Gasteiger partial charge in [0.2, 0.25) is 5.75 Å². The molecule has 5 rings (SSSR count). The number of aliphatic carboxylic acids is 1. The predicted molar refractivity (Wildman–Crippen MR) is 167 cm³/mol. The monoisotopic (exact) mass is 618 g/mol. The van der Waals surface area contributed by atoms with Gasteiger partial charge in [0, 0.05) is 24.0 Å². The molecule has 0 aliphatic carbocycles. The highest BCUT2D eigenvalue weighted by Gasteiger charge is 2.27. The van der Waals surface area contributed by atoms with E-state index in [1.807, 2.05) is 27.7 Å². The van der Waals surface area contributed by atoms with Crippen molar-refractivity contribution in [2.75, 3.05) is 20.3 Å². The number of aromatic nitrogens is 2. The molecular weight excluding hydrogens is 584 g/mol. The summed E-state index contributed by atoms with van der Waals surface area (Å²) in [6.45, 7) is 8.52. The maximum atomic E-state index is 14.4. The van der Waals surface area contributed by atoms with Crippen LogP contribution < -0.4 is 23.7 Å². The Balaban J connectivity index is 1.69. The number of allylic oxidation sites excluding steroid dienone is 1. The Morgan fingerprint density at radius 1 is 0.864 bits per heavy atom. The molecule has 3 aromatic carbocycles. The molecule has 0 saturated heterocycles. The first-order valence-electron chi connectivity index (χ1n) is 14.3. The van der Waals surface area contributed by atoms with E-state index >= 15 is 0 Å². The summed E-state index contributed by atoms with van der Waals surface area (Å²) >= 11 is 1.03. The molecular formula is C33H34N2O8S. The van der Waals surface area contributed by atoms with E-state index < -0.39 is 11.8 Å². The molecule has 0 bridgehead atoms. The van der Waals surface area contributed by atoms with Crippen LogP contribution in [0.5, 0.6) is 28.7 Å². The van der Waals surface area contributed by atoms with Gasteiger partial charge in [0.25, 0.3) is 0 Å². The number of hydrogen-bond acceptors (Lipinski definition) is 10. The highest BCUT2D eigenvalue weighted by atomic mass is 32.1. The van der Waals surface area contributed by atoms with Gasteiger partial charge in [-0.1, -0.05) is 6.07 Å². The second kappa shape index (κ2) is 13.3. The van der Waals surface area contributed by atoms with Gasteiger partial charge in [-0.3, -0.25) is 4.79 Å². The predicted octanol–water partition coefficient (Wildman–Crippen LogP) is 6.40. The third-order valence-electron chi connectivity index (χ3n) is 6.74. The molecule has 1 aliphatic heterocycles. The van der Waals surface area contributed by atoms with Crippen molar-refractivity contribution in [3.8, 4) is 28.7 Å². The van der Waals surface area contributed by atoms with E-state index in [2.05, 4.69) is 8.75 Å². The first kappa shape index (κ1) is 30.8. The standard InChI is InChI=1S/C33H34N2O8S/c1-18(2)42-29-15-20(14-28(39-5)32(29)43-19(3)4)13-23(30(33(37)38)21-7-9-24-25(16-21)35-44-34-24)31(36)22-8-10-26-27(17-22)41-12-6-11-40-26/h7-10,14-19H,6,11-13H2,1-5H3,(H,37,38). The van der Waals surface area contributed by atoms with Crippen LogP contribution in [0.2, 0.25) is 0 Å². The van der Waals surface area contributed by atoms with Crippen molar-refractivity contribution in [1.82, 2.24) is 8.75 Å². The van der Waals surface area contributed by atoms with Gasteiger partial charge in [0.15, 0.2) is 28.8 Å². The summed E-state index contributed by atoms with van der Waals surface area (Å²) in [5, 5.41) is 10.6. The number of carbonyl (C=O) groups excluding carboxylic acids is 1. The summed E-state index contributed by atoms with van der Waals surface area (Å²) in [5.74, 6) is 0.505. The number of methoxy groups -OCH3 is 1. The third kappa shape index (κ3) is 6.78. The van der Waals surface area contributed by atoms with Crippen LogP contribution in [0.15, 0.2) is 54.1 Å². The minimum absolute atomic E-state index is 0.0466. The van der Waals surface area contributed by atoms with Gasteiger partial charge in [0.1, 0.15) is 11.0 Å². The van der Waals surface area contributed by atoms with E-state index in [4.69, 9.17) is 23.7 Å². The molecule has 0 saturated carbocycles. The number of fused-ring (bicyclic) bond motifs is 2. The van der Waals surface area contributed by atoms with Gasteiger partial charge in [-0.05, 0) is 81.3 Å². The van der Waals surface area contributed by atoms with Crippen molar-refractivity contribution in [3.05, 3.63) is 70.8 Å². The first-order valence-corrected chi connectivity index (χ1v) is 15.0. The highest BCUT2D eigenvalue weighted by Crippen LogP contribution is 2.41. The Labute approximate surface area is 259 Å². The maximum absolute atomic E-state index is 14.4. The summed E-state index contributed by atoms with van der Waals surface area (Å²) in [5.41, 5.74) is 2.29. The van der Waals surface area contributed by atoms with E-state index in [1.54, 1.807) is 48.5 Å². The second-order valence-corrected chi connectivity index (χ2v) is 11.3. The molecule has 230 valence electrons. The zero-order valence-electron chi connectivity index (χ0n) is 25.2. The average molecular weight is 619 g/mol. The molecule has 2 heterocycles. The molecule has 0 atom stereocenters. The summed E-state index contributed by atoms with van der Waals surface area (Å²) in [7, 11) is 1.52. The van der Waals surface area contributed by atoms with Crippen molar-refractivity contribution in [3.63, 3.8) is 0 Å². The average Bonchev–Trinajstić information content (AvgIpc) is 3.32. The molecule has 0 spiro atoms. The Morgan fingerprint density at radius 2 is 1.55 bits per heavy atom. The van der Waals surface area contributed by atoms with Crippen molar-refractivity contribution in [1.29, 1.82) is 0 Å². The summed E-state index contributed by atoms with van der Waals surface area (Å²) < 4.78 is 37.9. The summed E-state index contributed by atoms with van der Waals surface area (Å²) in [6.07, 6.45) is 0.319. The largest absolute Gasteiger partial charge is 0.493 e. The highest BCUT2D eigenvalue weighted by molar-refractivity contribution is 7.00. The number of nitrogens with zero attached hydrogens (tertiary/aromatic N) is 2. The lowest BCUT2D eigenvalue weighted by Crippen LogP contribution is -2.15. The molecule has 1 aromatic heterocycles. The summed E-state index contributed by atoms with van der Waals surface area (Å²) in [6, 6.07) is 13.4. The van der Waals surface area contributed by atoms with Gasteiger partial charge in [-0.15, -0.1) is 0 Å². The van der Waals surface area contributed by atoms with Crippen LogP contribution in [0.1, 0.15) is 55.6 Å². The van der Waals surface area contributed by atoms with Crippen molar-refractivity contribution < 1.29 is 38.4 Å². The lowest BCUT2D eigenvalue weighted by Gasteiger charge is -2.21. The van der Waals surface area contributed by atoms with Crippen LogP contribution in [-0.4, -0.2) is 58.1 Å². The van der Waals surface area contributed by atoms with Gasteiger partial charge in [0.05, 0.1) is 49.8 Å². The number of carboxylic acid groups (broad SMARTS) is 1. The number of hydrogen-bond donors (Lipinski definition) is 1. The van der Waals surface area contributed by atoms with Crippen LogP contribution in [0.3, 0.4) is 0 Å². The fourth-order valence-electron chi connectivity index (χ4n) is 4.91. The number of carbonyl (C=O) groups is 2. The molecule has 0 fully saturated rings. The van der Waals surface area contributed by atoms with Crippen molar-refractivity contribution in [2.24, 2.45) is 0 Å². The van der Waals surface area contributed by atoms with E-state index in [1.165, 1.54) is 7.11 Å². The quantitative estimate of drug-likeness (QED) is 0.149. The zero-order valence-corrected chi connectivity index (χ0v) is 26.0. The Bertz CT molecular complexity index is 1730. The molecule has 1 N–H and O–H groups in total. The van der Waals surface area contributed by atoms with Crippen LogP contribution in [-0.2, 0) is 11.2 Å². The number of benzene rings is 3. The molecule has 44 heavy (non-hydrogen) atoms. The fraction of sp³-hybridized carbons (Fsp3) is 0.333. The lowest BCUT2D eigenvalue weighted by molar-refractivity contribution is -0.130. The number of ether oxygens (including phenoxy) is 5. The minimum Gasteiger partial charge on any atom is -0.493 e. The third-order valence-corrected chi connectivity index (χ3v) is 7.30. The Hall–Kier alpha value is -4.64. The smallest absolute Gasteiger partial charge is 0.336 e. The lowest BCUT2D eigenvalue weighted by atomic mass is 9.89. The van der Waals surface area contributed by atoms with Gasteiger partial charge in [-0.2, -0.15) is 8.75 Å². The second-order valence-electron chi connectivity index (χ2n) is 10.8. The van der Waals surface area contributed by atoms with Crippen LogP contribution in [0.25, 0.3) is 16.6 Å². The van der Waals surface area contributed by atoms with Crippen LogP contribution in [0.4, 0.5) is 0 Å². The molecule has 10 nitrogen and oxygen atoms in total. The van der Waals surface area contributed by atoms with Crippen molar-refractivity contribution in [2.45, 2.75) is 52.7 Å². The van der Waals surface area contributed by atoms with Gasteiger partial charge >= 0.3 is 5.97 Å². The fourth-order valence-corrected chi connectivity index (χ4v) is 5.42. The number of Topliss-reactive ketones (excluding diaryl/α,β-unsaturated/α-hetero) is 1. The molecule has 0 radical (unpaired) electrons. The SMILES string of the molecule is COc1cc(CC(C(=O)c2ccc3c(c2)OCCCO3)=C(C(=O)O)c2ccc3nsnc3c2)cc(OC(C)C)c1OC(C)C. The minimum atomic E-state index is -1.25. The van der Waals surface area contributed by atoms with Crippen molar-refractivity contribution >= 4 is 40.1 Å². The number of rotatable bonds is 11. The Morgan fingerprint density at radius 3 is 2.25 bits per heavy atom. The molecule has 11 heteroatoms. The number of carboxylic acids is 1. The molecule has 1 aliphatic rings. The van der Waals surface area contributed by atoms with Crippen LogP contribution >= 0.6 is 11.7 Å². The normalized spacial score (nSPS) is 13.4. The van der Waals surface area contributed by atoms with Crippen LogP contribution in [0, 0.1) is 0 Å². The molecule has 0 amide bonds. The summed E-state index contributed by atoms with van der Waals surface area (Å²) in [4.78, 5) is 27.3. The first-order chi connectivity index (χ1) is 21.1. The topological polar surface area (TPSA) is 126 Å². The number of ketones is 1.